The Bertz CT molecular complexity index is 775. The van der Waals surface area contributed by atoms with Gasteiger partial charge in [0.2, 0.25) is 0 Å². The van der Waals surface area contributed by atoms with E-state index in [4.69, 9.17) is 16.0 Å². The Hall–Kier alpha value is -2.12. The number of nitrogens with one attached hydrogen (secondary N) is 1. The molecule has 1 saturated carbocycles. The van der Waals surface area contributed by atoms with Crippen molar-refractivity contribution in [2.75, 3.05) is 18.0 Å². The van der Waals surface area contributed by atoms with Crippen LogP contribution in [-0.2, 0) is 0 Å². The molecule has 132 valence electrons. The monoisotopic (exact) mass is 362 g/mol. The van der Waals surface area contributed by atoms with Gasteiger partial charge in [-0.25, -0.2) is 9.97 Å². The minimum absolute atomic E-state index is 0.105. The average molecular weight is 363 g/mol. The van der Waals surface area contributed by atoms with Gasteiger partial charge in [0, 0.05) is 36.8 Å². The van der Waals surface area contributed by atoms with Gasteiger partial charge in [0.05, 0.1) is 6.10 Å². The predicted octanol–water partition coefficient (Wildman–Crippen LogP) is 1.97. The molecule has 7 nitrogen and oxygen atoms in total. The normalized spacial score (nSPS) is 25.7. The lowest BCUT2D eigenvalue weighted by molar-refractivity contribution is 0.0880. The lowest BCUT2D eigenvalue weighted by atomic mass is 9.78. The second kappa shape index (κ2) is 6.65. The molecule has 1 amide bonds. The molecular weight excluding hydrogens is 344 g/mol. The quantitative estimate of drug-likeness (QED) is 0.864. The highest BCUT2D eigenvalue weighted by Gasteiger charge is 2.33. The van der Waals surface area contributed by atoms with Gasteiger partial charge in [-0.1, -0.05) is 0 Å². The third-order valence-electron chi connectivity index (χ3n) is 4.85. The standard InChI is InChI=1S/C17H19ClN4O3/c18-15-2-1-14(25-15)17(24)21-11-5-10(6-11)13-7-16(20-9-19-13)22-4-3-12(23)8-22/h1-2,7,9-12,23H,3-6,8H2,(H,21,24). The van der Waals surface area contributed by atoms with Crippen molar-refractivity contribution >= 4 is 23.3 Å². The van der Waals surface area contributed by atoms with Crippen LogP contribution in [0.4, 0.5) is 5.82 Å². The minimum Gasteiger partial charge on any atom is -0.440 e. The molecule has 1 saturated heterocycles. The van der Waals surface area contributed by atoms with E-state index in [1.165, 1.54) is 0 Å². The van der Waals surface area contributed by atoms with Crippen molar-refractivity contribution in [2.45, 2.75) is 37.3 Å². The summed E-state index contributed by atoms with van der Waals surface area (Å²) in [5.41, 5.74) is 0.984. The van der Waals surface area contributed by atoms with E-state index in [9.17, 15) is 9.90 Å². The predicted molar refractivity (Wildman–Crippen MR) is 91.8 cm³/mol. The Balaban J connectivity index is 1.34. The molecule has 1 aliphatic heterocycles. The number of nitrogens with zero attached hydrogens (tertiary/aromatic N) is 3. The SMILES string of the molecule is O=C(NC1CC(c2cc(N3CCC(O)C3)ncn2)C1)c1ccc(Cl)o1. The molecule has 0 spiro atoms. The van der Waals surface area contributed by atoms with Crippen LogP contribution in [0.3, 0.4) is 0 Å². The fourth-order valence-electron chi connectivity index (χ4n) is 3.38. The maximum Gasteiger partial charge on any atom is 0.287 e. The molecule has 0 aromatic carbocycles. The van der Waals surface area contributed by atoms with E-state index >= 15 is 0 Å². The van der Waals surface area contributed by atoms with Crippen LogP contribution in [0.2, 0.25) is 5.22 Å². The third kappa shape index (κ3) is 3.48. The molecule has 2 aromatic rings. The highest BCUT2D eigenvalue weighted by atomic mass is 35.5. The second-order valence-electron chi connectivity index (χ2n) is 6.63. The number of amides is 1. The van der Waals surface area contributed by atoms with Crippen molar-refractivity contribution in [1.29, 1.82) is 0 Å². The number of halogens is 1. The van der Waals surface area contributed by atoms with Crippen molar-refractivity contribution in [2.24, 2.45) is 0 Å². The topological polar surface area (TPSA) is 91.5 Å². The van der Waals surface area contributed by atoms with E-state index in [2.05, 4.69) is 20.2 Å². The molecule has 2 aliphatic rings. The van der Waals surface area contributed by atoms with E-state index in [0.29, 0.717) is 12.5 Å². The number of hydrogen-bond donors (Lipinski definition) is 2. The number of rotatable bonds is 4. The summed E-state index contributed by atoms with van der Waals surface area (Å²) < 4.78 is 5.11. The number of anilines is 1. The first-order valence-electron chi connectivity index (χ1n) is 8.39. The summed E-state index contributed by atoms with van der Waals surface area (Å²) in [5.74, 6) is 1.15. The molecule has 0 radical (unpaired) electrons. The second-order valence-corrected chi connectivity index (χ2v) is 7.00. The maximum atomic E-state index is 12.0. The van der Waals surface area contributed by atoms with Gasteiger partial charge in [-0.15, -0.1) is 0 Å². The van der Waals surface area contributed by atoms with Crippen LogP contribution in [0.1, 0.15) is 41.4 Å². The average Bonchev–Trinajstić information content (AvgIpc) is 3.19. The number of aliphatic hydroxyl groups is 1. The molecule has 1 atom stereocenters. The number of furan rings is 1. The van der Waals surface area contributed by atoms with E-state index in [-0.39, 0.29) is 29.0 Å². The molecule has 3 heterocycles. The summed E-state index contributed by atoms with van der Waals surface area (Å²) in [6.07, 6.45) is 3.73. The Morgan fingerprint density at radius 3 is 2.88 bits per heavy atom. The molecular formula is C17H19ClN4O3. The summed E-state index contributed by atoms with van der Waals surface area (Å²) in [4.78, 5) is 22.8. The van der Waals surface area contributed by atoms with Crippen LogP contribution < -0.4 is 10.2 Å². The maximum absolute atomic E-state index is 12.0. The molecule has 2 N–H and O–H groups in total. The van der Waals surface area contributed by atoms with Gasteiger partial charge in [0.25, 0.3) is 5.91 Å². The Labute approximate surface area is 150 Å². The van der Waals surface area contributed by atoms with E-state index in [0.717, 1.165) is 37.3 Å². The summed E-state index contributed by atoms with van der Waals surface area (Å²) in [7, 11) is 0. The Morgan fingerprint density at radius 2 is 2.20 bits per heavy atom. The van der Waals surface area contributed by atoms with Crippen molar-refractivity contribution in [3.8, 4) is 0 Å². The number of β-amino-alcohol motifs (C(OH)–C–C–N with tert-alkyl or cyclic N) is 1. The molecule has 4 rings (SSSR count). The van der Waals surface area contributed by atoms with E-state index in [1.54, 1.807) is 18.5 Å². The first kappa shape index (κ1) is 16.4. The highest BCUT2D eigenvalue weighted by molar-refractivity contribution is 6.29. The van der Waals surface area contributed by atoms with Crippen LogP contribution in [0.5, 0.6) is 0 Å². The van der Waals surface area contributed by atoms with E-state index in [1.807, 2.05) is 6.07 Å². The highest BCUT2D eigenvalue weighted by Crippen LogP contribution is 2.37. The fraction of sp³-hybridized carbons (Fsp3) is 0.471. The van der Waals surface area contributed by atoms with Crippen LogP contribution in [0, 0.1) is 0 Å². The summed E-state index contributed by atoms with van der Waals surface area (Å²) in [6.45, 7) is 1.43. The summed E-state index contributed by atoms with van der Waals surface area (Å²) >= 11 is 5.69. The van der Waals surface area contributed by atoms with Crippen LogP contribution in [-0.4, -0.2) is 46.2 Å². The molecule has 1 unspecified atom stereocenters. The van der Waals surface area contributed by atoms with Gasteiger partial charge in [-0.3, -0.25) is 4.79 Å². The molecule has 2 aromatic heterocycles. The third-order valence-corrected chi connectivity index (χ3v) is 5.05. The smallest absolute Gasteiger partial charge is 0.287 e. The molecule has 25 heavy (non-hydrogen) atoms. The van der Waals surface area contributed by atoms with Crippen LogP contribution >= 0.6 is 11.6 Å². The van der Waals surface area contributed by atoms with Crippen LogP contribution in [0.25, 0.3) is 0 Å². The van der Waals surface area contributed by atoms with Crippen molar-refractivity contribution in [3.05, 3.63) is 41.2 Å². The van der Waals surface area contributed by atoms with Crippen molar-refractivity contribution < 1.29 is 14.3 Å². The van der Waals surface area contributed by atoms with Crippen molar-refractivity contribution in [1.82, 2.24) is 15.3 Å². The largest absolute Gasteiger partial charge is 0.440 e. The summed E-state index contributed by atoms with van der Waals surface area (Å²) in [6, 6.07) is 5.22. The summed E-state index contributed by atoms with van der Waals surface area (Å²) in [5, 5.41) is 12.8. The van der Waals surface area contributed by atoms with Crippen LogP contribution in [0.15, 0.2) is 28.9 Å². The number of carbonyl (C=O) groups excluding carboxylic acids is 1. The number of aliphatic hydroxyl groups excluding tert-OH is 1. The zero-order valence-electron chi connectivity index (χ0n) is 13.6. The fourth-order valence-corrected chi connectivity index (χ4v) is 3.52. The zero-order chi connectivity index (χ0) is 17.4. The molecule has 8 heteroatoms. The molecule has 0 bridgehead atoms. The van der Waals surface area contributed by atoms with Gasteiger partial charge in [-0.2, -0.15) is 0 Å². The zero-order valence-corrected chi connectivity index (χ0v) is 14.3. The van der Waals surface area contributed by atoms with E-state index < -0.39 is 0 Å². The lowest BCUT2D eigenvalue weighted by Gasteiger charge is -2.35. The molecule has 2 fully saturated rings. The van der Waals surface area contributed by atoms with Gasteiger partial charge in [0.1, 0.15) is 12.1 Å². The number of hydrogen-bond acceptors (Lipinski definition) is 6. The Morgan fingerprint density at radius 1 is 1.36 bits per heavy atom. The van der Waals surface area contributed by atoms with Gasteiger partial charge >= 0.3 is 0 Å². The van der Waals surface area contributed by atoms with Crippen molar-refractivity contribution in [3.63, 3.8) is 0 Å². The number of carbonyl (C=O) groups is 1. The first-order valence-corrected chi connectivity index (χ1v) is 8.77. The Kier molecular flexibility index (Phi) is 4.35. The molecule has 1 aliphatic carbocycles. The number of aromatic nitrogens is 2. The lowest BCUT2D eigenvalue weighted by Crippen LogP contribution is -2.43. The van der Waals surface area contributed by atoms with Gasteiger partial charge in [-0.05, 0) is 43.0 Å². The van der Waals surface area contributed by atoms with Gasteiger partial charge < -0.3 is 19.7 Å². The van der Waals surface area contributed by atoms with Gasteiger partial charge in [0.15, 0.2) is 11.0 Å². The first-order chi connectivity index (χ1) is 12.1. The minimum atomic E-state index is -0.281.